The first-order valence-corrected chi connectivity index (χ1v) is 9.33. The summed E-state index contributed by atoms with van der Waals surface area (Å²) in [6, 6.07) is 8.34. The number of phenolic OH excluding ortho intramolecular Hbond substituents is 1. The largest absolute Gasteiger partial charge is 0.508 e. The van der Waals surface area contributed by atoms with Gasteiger partial charge in [-0.1, -0.05) is 6.92 Å². The van der Waals surface area contributed by atoms with Crippen LogP contribution in [0.25, 0.3) is 0 Å². The summed E-state index contributed by atoms with van der Waals surface area (Å²) < 4.78 is 11.5. The molecule has 0 spiro atoms. The molecule has 0 bridgehead atoms. The average Bonchev–Trinajstić information content (AvgIpc) is 2.50. The molecule has 1 heterocycles. The van der Waals surface area contributed by atoms with E-state index in [4.69, 9.17) is 0 Å². The smallest absolute Gasteiger partial charge is 0.186 e. The highest BCUT2D eigenvalue weighted by Crippen LogP contribution is 2.25. The van der Waals surface area contributed by atoms with Crippen LogP contribution < -0.4 is 0 Å². The number of hydrogen-bond donors (Lipinski definition) is 1. The lowest BCUT2D eigenvalue weighted by Gasteiger charge is -2.08. The highest BCUT2D eigenvalue weighted by molar-refractivity contribution is 7.99. The lowest BCUT2D eigenvalue weighted by Crippen LogP contribution is -2.08. The number of nitrogens with zero attached hydrogens (tertiary/aromatic N) is 1. The van der Waals surface area contributed by atoms with Crippen LogP contribution in [0.15, 0.2) is 46.3 Å². The highest BCUT2D eigenvalue weighted by atomic mass is 32.2. The Bertz CT molecular complexity index is 716. The Morgan fingerprint density at radius 1 is 1.36 bits per heavy atom. The number of pyridine rings is 1. The molecule has 0 aliphatic heterocycles. The second kappa shape index (κ2) is 7.56. The summed E-state index contributed by atoms with van der Waals surface area (Å²) >= 11 is 1.56. The third-order valence-electron chi connectivity index (χ3n) is 3.07. The van der Waals surface area contributed by atoms with E-state index in [1.165, 1.54) is 6.07 Å². The molecule has 6 heteroatoms. The summed E-state index contributed by atoms with van der Waals surface area (Å²) in [5.41, 5.74) is 0.882. The van der Waals surface area contributed by atoms with E-state index in [2.05, 4.69) is 4.98 Å². The molecule has 0 amide bonds. The first-order chi connectivity index (χ1) is 10.5. The SMILES string of the molecule is CCSc1cccnc1C(=O)Cc1cc(S(C)=O)ccc1O. The van der Waals surface area contributed by atoms with Crippen molar-refractivity contribution < 1.29 is 14.1 Å². The predicted octanol–water partition coefficient (Wildman–Crippen LogP) is 3.06. The van der Waals surface area contributed by atoms with E-state index in [0.29, 0.717) is 16.2 Å². The molecule has 0 radical (unpaired) electrons. The predicted molar refractivity (Wildman–Crippen MR) is 89.1 cm³/mol. The molecule has 0 aliphatic carbocycles. The van der Waals surface area contributed by atoms with E-state index in [1.807, 2.05) is 13.0 Å². The van der Waals surface area contributed by atoms with Gasteiger partial charge >= 0.3 is 0 Å². The van der Waals surface area contributed by atoms with Crippen molar-refractivity contribution in [3.8, 4) is 5.75 Å². The van der Waals surface area contributed by atoms with Crippen molar-refractivity contribution in [3.63, 3.8) is 0 Å². The number of ketones is 1. The van der Waals surface area contributed by atoms with Gasteiger partial charge in [0, 0.05) is 45.0 Å². The van der Waals surface area contributed by atoms with Gasteiger partial charge in [-0.15, -0.1) is 11.8 Å². The van der Waals surface area contributed by atoms with Crippen molar-refractivity contribution in [2.45, 2.75) is 23.1 Å². The number of aromatic nitrogens is 1. The first-order valence-electron chi connectivity index (χ1n) is 6.79. The monoisotopic (exact) mass is 335 g/mol. The van der Waals surface area contributed by atoms with Crippen LogP contribution >= 0.6 is 11.8 Å². The number of aromatic hydroxyl groups is 1. The minimum Gasteiger partial charge on any atom is -0.508 e. The Hall–Kier alpha value is -1.66. The fourth-order valence-corrected chi connectivity index (χ4v) is 3.37. The van der Waals surface area contributed by atoms with Gasteiger partial charge in [0.05, 0.1) is 0 Å². The molecule has 0 saturated carbocycles. The maximum Gasteiger partial charge on any atom is 0.186 e. The molecule has 116 valence electrons. The molecule has 0 saturated heterocycles. The van der Waals surface area contributed by atoms with E-state index in [-0.39, 0.29) is 18.0 Å². The topological polar surface area (TPSA) is 67.3 Å². The van der Waals surface area contributed by atoms with E-state index in [0.717, 1.165) is 10.6 Å². The van der Waals surface area contributed by atoms with Gasteiger partial charge in [0.15, 0.2) is 5.78 Å². The molecule has 4 nitrogen and oxygen atoms in total. The second-order valence-corrected chi connectivity index (χ2v) is 7.31. The summed E-state index contributed by atoms with van der Waals surface area (Å²) in [4.78, 5) is 18.1. The Labute approximate surface area is 136 Å². The van der Waals surface area contributed by atoms with Crippen molar-refractivity contribution in [2.24, 2.45) is 0 Å². The lowest BCUT2D eigenvalue weighted by atomic mass is 10.1. The molecular weight excluding hydrogens is 318 g/mol. The van der Waals surface area contributed by atoms with E-state index < -0.39 is 10.8 Å². The molecule has 1 N–H and O–H groups in total. The van der Waals surface area contributed by atoms with Crippen molar-refractivity contribution >= 4 is 28.3 Å². The normalized spacial score (nSPS) is 12.1. The van der Waals surface area contributed by atoms with Crippen LogP contribution in [0.1, 0.15) is 23.0 Å². The fourth-order valence-electron chi connectivity index (χ4n) is 2.01. The summed E-state index contributed by atoms with van der Waals surface area (Å²) in [6.07, 6.45) is 3.18. The Kier molecular flexibility index (Phi) is 5.74. The van der Waals surface area contributed by atoms with Crippen LogP contribution in [0.5, 0.6) is 5.75 Å². The molecular formula is C16H17NO3S2. The van der Waals surface area contributed by atoms with Crippen LogP contribution in [0, 0.1) is 0 Å². The van der Waals surface area contributed by atoms with E-state index in [1.54, 1.807) is 42.4 Å². The number of carbonyl (C=O) groups is 1. The Balaban J connectivity index is 2.29. The Morgan fingerprint density at radius 2 is 2.14 bits per heavy atom. The molecule has 1 unspecified atom stereocenters. The van der Waals surface area contributed by atoms with Gasteiger partial charge in [0.1, 0.15) is 11.4 Å². The first kappa shape index (κ1) is 16.7. The summed E-state index contributed by atoms with van der Waals surface area (Å²) in [5.74, 6) is 0.718. The Morgan fingerprint density at radius 3 is 2.82 bits per heavy atom. The number of rotatable bonds is 6. The standard InChI is InChI=1S/C16H17NO3S2/c1-3-21-15-5-4-8-17-16(15)14(19)10-11-9-12(22(2)20)6-7-13(11)18/h4-9,18H,3,10H2,1-2H3. The summed E-state index contributed by atoms with van der Waals surface area (Å²) in [5, 5.41) is 9.91. The van der Waals surface area contributed by atoms with Crippen molar-refractivity contribution in [2.75, 3.05) is 12.0 Å². The van der Waals surface area contributed by atoms with Gasteiger partial charge in [-0.05, 0) is 36.1 Å². The zero-order valence-electron chi connectivity index (χ0n) is 12.4. The van der Waals surface area contributed by atoms with Crippen molar-refractivity contribution in [3.05, 3.63) is 47.8 Å². The van der Waals surface area contributed by atoms with Crippen LogP contribution in [-0.4, -0.2) is 32.1 Å². The molecule has 1 aromatic heterocycles. The highest BCUT2D eigenvalue weighted by Gasteiger charge is 2.16. The number of benzene rings is 1. The minimum absolute atomic E-state index is 0.0307. The van der Waals surface area contributed by atoms with Crippen LogP contribution in [0.2, 0.25) is 0 Å². The zero-order chi connectivity index (χ0) is 16.1. The number of Topliss-reactive ketones (excluding diaryl/α,β-unsaturated/α-hetero) is 1. The van der Waals surface area contributed by atoms with Gasteiger partial charge < -0.3 is 5.11 Å². The molecule has 2 rings (SSSR count). The molecule has 1 atom stereocenters. The minimum atomic E-state index is -1.16. The van der Waals surface area contributed by atoms with Crippen molar-refractivity contribution in [1.29, 1.82) is 0 Å². The molecule has 0 fully saturated rings. The van der Waals surface area contributed by atoms with Gasteiger partial charge in [-0.3, -0.25) is 14.0 Å². The van der Waals surface area contributed by atoms with Gasteiger partial charge in [-0.2, -0.15) is 0 Å². The van der Waals surface area contributed by atoms with Gasteiger partial charge in [0.2, 0.25) is 0 Å². The number of phenols is 1. The average molecular weight is 335 g/mol. The summed E-state index contributed by atoms with van der Waals surface area (Å²) in [6.45, 7) is 2.01. The fraction of sp³-hybridized carbons (Fsp3) is 0.250. The molecule has 0 aliphatic rings. The third-order valence-corrected chi connectivity index (χ3v) is 4.92. The van der Waals surface area contributed by atoms with Gasteiger partial charge in [-0.25, -0.2) is 0 Å². The molecule has 22 heavy (non-hydrogen) atoms. The number of carbonyl (C=O) groups excluding carboxylic acids is 1. The van der Waals surface area contributed by atoms with Crippen LogP contribution in [0.4, 0.5) is 0 Å². The zero-order valence-corrected chi connectivity index (χ0v) is 14.0. The second-order valence-electron chi connectivity index (χ2n) is 4.63. The molecule has 1 aromatic carbocycles. The van der Waals surface area contributed by atoms with E-state index >= 15 is 0 Å². The molecule has 2 aromatic rings. The maximum atomic E-state index is 12.5. The quantitative estimate of drug-likeness (QED) is 0.649. The van der Waals surface area contributed by atoms with Crippen LogP contribution in [0.3, 0.4) is 0 Å². The maximum absolute atomic E-state index is 12.5. The third kappa shape index (κ3) is 3.96. The summed E-state index contributed by atoms with van der Waals surface area (Å²) in [7, 11) is -1.16. The number of hydrogen-bond acceptors (Lipinski definition) is 5. The van der Waals surface area contributed by atoms with Gasteiger partial charge in [0.25, 0.3) is 0 Å². The van der Waals surface area contributed by atoms with Crippen molar-refractivity contribution in [1.82, 2.24) is 4.98 Å². The lowest BCUT2D eigenvalue weighted by molar-refractivity contribution is 0.0984. The number of thioether (sulfide) groups is 1. The van der Waals surface area contributed by atoms with Crippen LogP contribution in [-0.2, 0) is 17.2 Å². The van der Waals surface area contributed by atoms with E-state index in [9.17, 15) is 14.1 Å².